The summed E-state index contributed by atoms with van der Waals surface area (Å²) < 4.78 is 22.0. The number of ether oxygens (including phenoxy) is 1. The van der Waals surface area contributed by atoms with Crippen molar-refractivity contribution in [2.24, 2.45) is 7.05 Å². The largest absolute Gasteiger partial charge is 0.487 e. The second kappa shape index (κ2) is 9.31. The zero-order valence-electron chi connectivity index (χ0n) is 22.8. The van der Waals surface area contributed by atoms with Gasteiger partial charge in [-0.15, -0.1) is 0 Å². The highest BCUT2D eigenvalue weighted by molar-refractivity contribution is 5.78. The molecule has 39 heavy (non-hydrogen) atoms. The number of aliphatic hydroxyl groups is 1. The number of pyridine rings is 1. The molecule has 3 aromatic rings. The van der Waals surface area contributed by atoms with E-state index in [4.69, 9.17) is 9.72 Å². The maximum absolute atomic E-state index is 14.2. The molecule has 1 aliphatic carbocycles. The normalized spacial score (nSPS) is 22.4. The molecule has 2 aliphatic heterocycles. The van der Waals surface area contributed by atoms with Crippen molar-refractivity contribution in [1.29, 1.82) is 0 Å². The van der Waals surface area contributed by atoms with E-state index in [0.717, 1.165) is 30.0 Å². The van der Waals surface area contributed by atoms with Gasteiger partial charge in [-0.2, -0.15) is 0 Å². The maximum Gasteiger partial charge on any atom is 0.225 e. The van der Waals surface area contributed by atoms with Crippen LogP contribution in [0.4, 0.5) is 10.2 Å². The van der Waals surface area contributed by atoms with Gasteiger partial charge in [-0.05, 0) is 62.9 Å². The zero-order chi connectivity index (χ0) is 27.5. The lowest BCUT2D eigenvalue weighted by atomic mass is 9.98. The molecule has 2 unspecified atom stereocenters. The average Bonchev–Trinajstić information content (AvgIpc) is 3.47. The van der Waals surface area contributed by atoms with E-state index in [-0.39, 0.29) is 11.4 Å². The third-order valence-corrected chi connectivity index (χ3v) is 8.43. The molecule has 2 N–H and O–H groups in total. The highest BCUT2D eigenvalue weighted by atomic mass is 19.1. The summed E-state index contributed by atoms with van der Waals surface area (Å²) in [6.45, 7) is 8.10. The average molecular weight is 535 g/mol. The Kier molecular flexibility index (Phi) is 6.15. The van der Waals surface area contributed by atoms with Crippen LogP contribution in [0, 0.1) is 0 Å². The molecule has 0 radical (unpaired) electrons. The Labute approximate surface area is 227 Å². The molecule has 10 heteroatoms. The van der Waals surface area contributed by atoms with Crippen molar-refractivity contribution in [2.45, 2.75) is 76.8 Å². The molecule has 3 aliphatic rings. The monoisotopic (exact) mass is 534 g/mol. The van der Waals surface area contributed by atoms with Crippen LogP contribution in [0.2, 0.25) is 0 Å². The number of rotatable bonds is 7. The fourth-order valence-electron chi connectivity index (χ4n) is 5.59. The Morgan fingerprint density at radius 3 is 2.64 bits per heavy atom. The maximum atomic E-state index is 14.2. The molecule has 2 fully saturated rings. The predicted molar refractivity (Wildman–Crippen MR) is 144 cm³/mol. The standard InChI is InChI=1S/C29H35FN6O3/c1-18(29(30)12-13-29)39-21-8-5-19(6-9-21)16-35-17-20-7-10-22(32-25(20)28(35,2)3)26-31-15-24(34(26)4)36-14-11-23(37)33-27(36)38/h5-10,15,18,27,38H,11-14,16-17H2,1-4H3,(H,33,37). The number of aliphatic hydroxyl groups excluding tert-OH is 1. The quantitative estimate of drug-likeness (QED) is 0.478. The van der Waals surface area contributed by atoms with Gasteiger partial charge in [0, 0.05) is 33.1 Å². The Hall–Kier alpha value is -3.50. The number of amides is 1. The molecule has 1 saturated carbocycles. The molecule has 9 nitrogen and oxygen atoms in total. The summed E-state index contributed by atoms with van der Waals surface area (Å²) in [5.74, 6) is 1.92. The summed E-state index contributed by atoms with van der Waals surface area (Å²) in [6.07, 6.45) is 1.65. The summed E-state index contributed by atoms with van der Waals surface area (Å²) in [5, 5.41) is 12.9. The van der Waals surface area contributed by atoms with Crippen molar-refractivity contribution in [3.63, 3.8) is 0 Å². The lowest BCUT2D eigenvalue weighted by Gasteiger charge is -2.33. The minimum absolute atomic E-state index is 0.171. The number of anilines is 1. The van der Waals surface area contributed by atoms with Crippen molar-refractivity contribution in [2.75, 3.05) is 11.4 Å². The highest BCUT2D eigenvalue weighted by Crippen LogP contribution is 2.44. The minimum atomic E-state index is -1.17. The molecule has 2 atom stereocenters. The van der Waals surface area contributed by atoms with E-state index >= 15 is 0 Å². The predicted octanol–water partition coefficient (Wildman–Crippen LogP) is 3.60. The third kappa shape index (κ3) is 4.65. The topological polar surface area (TPSA) is 95.8 Å². The number of nitrogens with one attached hydrogen (secondary N) is 1. The summed E-state index contributed by atoms with van der Waals surface area (Å²) in [4.78, 5) is 25.4. The first kappa shape index (κ1) is 25.8. The SMILES string of the molecule is CC(Oc1ccc(CN2Cc3ccc(-c4ncc(N5CCC(=O)NC5O)n4C)nc3C2(C)C)cc1)C1(F)CC1. The van der Waals surface area contributed by atoms with Gasteiger partial charge in [0.1, 0.15) is 29.0 Å². The molecular formula is C29H35FN6O3. The van der Waals surface area contributed by atoms with Gasteiger partial charge in [0.05, 0.1) is 17.4 Å². The molecule has 0 spiro atoms. The van der Waals surface area contributed by atoms with Gasteiger partial charge < -0.3 is 24.6 Å². The molecular weight excluding hydrogens is 499 g/mol. The molecule has 2 aromatic heterocycles. The third-order valence-electron chi connectivity index (χ3n) is 8.43. The summed E-state index contributed by atoms with van der Waals surface area (Å²) >= 11 is 0. The lowest BCUT2D eigenvalue weighted by Crippen LogP contribution is -2.54. The first-order valence-electron chi connectivity index (χ1n) is 13.5. The van der Waals surface area contributed by atoms with Gasteiger partial charge in [0.2, 0.25) is 12.3 Å². The van der Waals surface area contributed by atoms with Crippen molar-refractivity contribution < 1.29 is 19.0 Å². The van der Waals surface area contributed by atoms with Gasteiger partial charge >= 0.3 is 0 Å². The fourth-order valence-corrected chi connectivity index (χ4v) is 5.59. The van der Waals surface area contributed by atoms with E-state index in [1.54, 1.807) is 18.0 Å². The van der Waals surface area contributed by atoms with Crippen LogP contribution >= 0.6 is 0 Å². The number of imidazole rings is 1. The van der Waals surface area contributed by atoms with Crippen molar-refractivity contribution in [3.05, 3.63) is 59.4 Å². The Morgan fingerprint density at radius 1 is 1.21 bits per heavy atom. The van der Waals surface area contributed by atoms with Crippen LogP contribution in [-0.4, -0.2) is 55.1 Å². The van der Waals surface area contributed by atoms with Crippen LogP contribution in [0.5, 0.6) is 5.75 Å². The van der Waals surface area contributed by atoms with E-state index in [1.165, 1.54) is 5.56 Å². The second-order valence-corrected chi connectivity index (χ2v) is 11.4. The summed E-state index contributed by atoms with van der Waals surface area (Å²) in [6, 6.07) is 12.0. The number of alkyl halides is 1. The Bertz CT molecular complexity index is 1400. The molecule has 0 bridgehead atoms. The van der Waals surface area contributed by atoms with Gasteiger partial charge in [0.15, 0.2) is 5.82 Å². The number of halogens is 1. The number of fused-ring (bicyclic) bond motifs is 1. The van der Waals surface area contributed by atoms with Gasteiger partial charge in [0.25, 0.3) is 0 Å². The van der Waals surface area contributed by atoms with Crippen molar-refractivity contribution >= 4 is 11.7 Å². The summed E-state index contributed by atoms with van der Waals surface area (Å²) in [5.41, 5.74) is 2.63. The number of aromatic nitrogens is 3. The first-order valence-corrected chi connectivity index (χ1v) is 13.5. The van der Waals surface area contributed by atoms with E-state index in [0.29, 0.717) is 43.2 Å². The Balaban J connectivity index is 1.18. The summed E-state index contributed by atoms with van der Waals surface area (Å²) in [7, 11) is 1.89. The Morgan fingerprint density at radius 2 is 1.95 bits per heavy atom. The minimum Gasteiger partial charge on any atom is -0.487 e. The van der Waals surface area contributed by atoms with Crippen molar-refractivity contribution in [3.8, 4) is 17.3 Å². The van der Waals surface area contributed by atoms with Crippen LogP contribution in [0.25, 0.3) is 11.5 Å². The number of nitrogens with zero attached hydrogens (tertiary/aromatic N) is 5. The fraction of sp³-hybridized carbons (Fsp3) is 0.483. The van der Waals surface area contributed by atoms with Crippen LogP contribution in [-0.2, 0) is 30.5 Å². The smallest absolute Gasteiger partial charge is 0.225 e. The number of hydrogen-bond donors (Lipinski definition) is 2. The lowest BCUT2D eigenvalue weighted by molar-refractivity contribution is -0.125. The van der Waals surface area contributed by atoms with E-state index in [1.807, 2.05) is 41.9 Å². The van der Waals surface area contributed by atoms with Gasteiger partial charge in [-0.3, -0.25) is 9.69 Å². The van der Waals surface area contributed by atoms with Crippen LogP contribution in [0.3, 0.4) is 0 Å². The second-order valence-electron chi connectivity index (χ2n) is 11.4. The zero-order valence-corrected chi connectivity index (χ0v) is 22.8. The van der Waals surface area contributed by atoms with Crippen LogP contribution < -0.4 is 15.0 Å². The van der Waals surface area contributed by atoms with Crippen LogP contribution in [0.1, 0.15) is 56.9 Å². The highest BCUT2D eigenvalue weighted by Gasteiger charge is 2.50. The van der Waals surface area contributed by atoms with E-state index in [2.05, 4.69) is 35.1 Å². The number of carbonyl (C=O) groups is 1. The molecule has 1 aromatic carbocycles. The van der Waals surface area contributed by atoms with Crippen LogP contribution in [0.15, 0.2) is 42.6 Å². The van der Waals surface area contributed by atoms with Gasteiger partial charge in [-0.25, -0.2) is 14.4 Å². The first-order chi connectivity index (χ1) is 18.5. The van der Waals surface area contributed by atoms with Crippen molar-refractivity contribution in [1.82, 2.24) is 24.8 Å². The number of hydrogen-bond acceptors (Lipinski definition) is 7. The molecule has 4 heterocycles. The molecule has 6 rings (SSSR count). The molecule has 206 valence electrons. The molecule has 1 saturated heterocycles. The molecule has 1 amide bonds. The van der Waals surface area contributed by atoms with E-state index < -0.39 is 18.1 Å². The van der Waals surface area contributed by atoms with E-state index in [9.17, 15) is 14.3 Å². The number of benzene rings is 1. The van der Waals surface area contributed by atoms with Gasteiger partial charge in [-0.1, -0.05) is 18.2 Å². The number of carbonyl (C=O) groups excluding carboxylic acids is 1.